The number of benzene rings is 1. The molecule has 0 bridgehead atoms. The molecule has 7 nitrogen and oxygen atoms in total. The lowest BCUT2D eigenvalue weighted by Gasteiger charge is -2.15. The second-order valence-corrected chi connectivity index (χ2v) is 6.53. The van der Waals surface area contributed by atoms with Crippen molar-refractivity contribution in [1.29, 1.82) is 0 Å². The zero-order chi connectivity index (χ0) is 19.8. The summed E-state index contributed by atoms with van der Waals surface area (Å²) in [5.74, 6) is 1.15. The molecule has 1 atom stereocenters. The molecule has 0 saturated carbocycles. The predicted octanol–water partition coefficient (Wildman–Crippen LogP) is 2.55. The number of ether oxygens (including phenoxy) is 2. The molecule has 2 amide bonds. The molecule has 146 valence electrons. The van der Waals surface area contributed by atoms with Crippen LogP contribution in [0.15, 0.2) is 41.0 Å². The highest BCUT2D eigenvalue weighted by molar-refractivity contribution is 5.95. The van der Waals surface area contributed by atoms with Gasteiger partial charge < -0.3 is 24.5 Å². The molecule has 1 heterocycles. The number of methoxy groups -OCH3 is 1. The summed E-state index contributed by atoms with van der Waals surface area (Å²) in [5.41, 5.74) is 0.442. The van der Waals surface area contributed by atoms with Crippen LogP contribution in [0.1, 0.15) is 36.9 Å². The smallest absolute Gasteiger partial charge is 0.258 e. The second kappa shape index (κ2) is 9.66. The van der Waals surface area contributed by atoms with Crippen LogP contribution in [-0.2, 0) is 11.2 Å². The Bertz CT molecular complexity index is 756. The Kier molecular flexibility index (Phi) is 7.28. The monoisotopic (exact) mass is 374 g/mol. The lowest BCUT2D eigenvalue weighted by molar-refractivity contribution is -0.123. The van der Waals surface area contributed by atoms with Gasteiger partial charge in [-0.05, 0) is 51.1 Å². The number of amides is 2. The highest BCUT2D eigenvalue weighted by Gasteiger charge is 2.15. The highest BCUT2D eigenvalue weighted by atomic mass is 16.5. The van der Waals surface area contributed by atoms with E-state index in [0.29, 0.717) is 23.5 Å². The molecule has 0 aliphatic carbocycles. The number of hydrogen-bond donors (Lipinski definition) is 2. The Balaban J connectivity index is 1.97. The molecule has 2 N–H and O–H groups in total. The van der Waals surface area contributed by atoms with Gasteiger partial charge in [0.2, 0.25) is 0 Å². The Morgan fingerprint density at radius 1 is 1.11 bits per heavy atom. The van der Waals surface area contributed by atoms with Crippen LogP contribution in [0.3, 0.4) is 0 Å². The summed E-state index contributed by atoms with van der Waals surface area (Å²) in [6.07, 6.45) is 2.21. The van der Waals surface area contributed by atoms with Gasteiger partial charge in [-0.3, -0.25) is 9.59 Å². The second-order valence-electron chi connectivity index (χ2n) is 6.53. The van der Waals surface area contributed by atoms with Gasteiger partial charge in [0.1, 0.15) is 5.76 Å². The third-order valence-corrected chi connectivity index (χ3v) is 3.70. The van der Waals surface area contributed by atoms with Gasteiger partial charge in [0.25, 0.3) is 11.8 Å². The van der Waals surface area contributed by atoms with Gasteiger partial charge in [-0.15, -0.1) is 0 Å². The molecule has 0 radical (unpaired) electrons. The molecule has 0 fully saturated rings. The summed E-state index contributed by atoms with van der Waals surface area (Å²) >= 11 is 0. The van der Waals surface area contributed by atoms with Crippen molar-refractivity contribution in [3.8, 4) is 11.5 Å². The average molecular weight is 374 g/mol. The molecule has 0 aliphatic rings. The quantitative estimate of drug-likeness (QED) is 0.704. The van der Waals surface area contributed by atoms with E-state index in [4.69, 9.17) is 13.9 Å². The molecule has 2 rings (SSSR count). The van der Waals surface area contributed by atoms with Crippen LogP contribution in [0.2, 0.25) is 0 Å². The number of carbonyl (C=O) groups is 2. The normalized spacial score (nSPS) is 11.7. The first kappa shape index (κ1) is 20.4. The zero-order valence-electron chi connectivity index (χ0n) is 16.1. The van der Waals surface area contributed by atoms with Crippen molar-refractivity contribution in [2.75, 3.05) is 13.7 Å². The Labute approximate surface area is 159 Å². The third-order valence-electron chi connectivity index (χ3n) is 3.70. The largest absolute Gasteiger partial charge is 0.493 e. The maximum Gasteiger partial charge on any atom is 0.258 e. The van der Waals surface area contributed by atoms with E-state index in [1.807, 2.05) is 32.9 Å². The van der Waals surface area contributed by atoms with Crippen molar-refractivity contribution in [2.24, 2.45) is 0 Å². The van der Waals surface area contributed by atoms with Gasteiger partial charge in [0.05, 0.1) is 13.4 Å². The van der Waals surface area contributed by atoms with E-state index >= 15 is 0 Å². The fraction of sp³-hybridized carbons (Fsp3) is 0.400. The van der Waals surface area contributed by atoms with Crippen molar-refractivity contribution < 1.29 is 23.5 Å². The number of nitrogens with one attached hydrogen (secondary N) is 2. The fourth-order valence-electron chi connectivity index (χ4n) is 2.52. The minimum absolute atomic E-state index is 0.0391. The van der Waals surface area contributed by atoms with Gasteiger partial charge in [-0.2, -0.15) is 0 Å². The van der Waals surface area contributed by atoms with Gasteiger partial charge in [-0.1, -0.05) is 0 Å². The number of furan rings is 1. The van der Waals surface area contributed by atoms with Crippen LogP contribution in [0.5, 0.6) is 11.5 Å². The van der Waals surface area contributed by atoms with E-state index in [9.17, 15) is 9.59 Å². The maximum absolute atomic E-state index is 12.4. The molecule has 2 aromatic rings. The Morgan fingerprint density at radius 3 is 2.52 bits per heavy atom. The van der Waals surface area contributed by atoms with Gasteiger partial charge in [-0.25, -0.2) is 0 Å². The third kappa shape index (κ3) is 6.36. The van der Waals surface area contributed by atoms with Crippen LogP contribution in [0.4, 0.5) is 0 Å². The molecule has 0 saturated heterocycles. The first-order chi connectivity index (χ1) is 12.9. The van der Waals surface area contributed by atoms with Crippen LogP contribution in [0, 0.1) is 0 Å². The number of carbonyl (C=O) groups excluding carboxylic acids is 2. The van der Waals surface area contributed by atoms with E-state index < -0.39 is 0 Å². The van der Waals surface area contributed by atoms with Crippen molar-refractivity contribution in [3.63, 3.8) is 0 Å². The molecule has 27 heavy (non-hydrogen) atoms. The Morgan fingerprint density at radius 2 is 1.89 bits per heavy atom. The molecule has 0 aliphatic heterocycles. The lowest BCUT2D eigenvalue weighted by Crippen LogP contribution is -2.34. The standard InChI is InChI=1S/C20H26N2O5/c1-13(2)21-19(23)12-27-17-8-7-15(11-18(17)25-4)20(24)22-14(3)10-16-6-5-9-26-16/h5-9,11,13-14H,10,12H2,1-4H3,(H,21,23)(H,22,24). The molecular weight excluding hydrogens is 348 g/mol. The maximum atomic E-state index is 12.4. The predicted molar refractivity (Wildman–Crippen MR) is 101 cm³/mol. The van der Waals surface area contributed by atoms with Crippen LogP contribution in [-0.4, -0.2) is 37.6 Å². The highest BCUT2D eigenvalue weighted by Crippen LogP contribution is 2.28. The fourth-order valence-corrected chi connectivity index (χ4v) is 2.52. The summed E-state index contributed by atoms with van der Waals surface area (Å²) in [6.45, 7) is 5.53. The summed E-state index contributed by atoms with van der Waals surface area (Å²) < 4.78 is 16.1. The first-order valence-electron chi connectivity index (χ1n) is 8.82. The van der Waals surface area contributed by atoms with E-state index in [-0.39, 0.29) is 30.5 Å². The molecule has 1 aromatic heterocycles. The summed E-state index contributed by atoms with van der Waals surface area (Å²) in [7, 11) is 1.48. The van der Waals surface area contributed by atoms with Crippen LogP contribution in [0.25, 0.3) is 0 Å². The average Bonchev–Trinajstić information content (AvgIpc) is 3.11. The molecular formula is C20H26N2O5. The zero-order valence-corrected chi connectivity index (χ0v) is 16.1. The molecule has 1 unspecified atom stereocenters. The van der Waals surface area contributed by atoms with Crippen molar-refractivity contribution in [3.05, 3.63) is 47.9 Å². The summed E-state index contributed by atoms with van der Waals surface area (Å²) in [4.78, 5) is 24.2. The summed E-state index contributed by atoms with van der Waals surface area (Å²) in [5, 5.41) is 5.66. The van der Waals surface area contributed by atoms with Crippen molar-refractivity contribution >= 4 is 11.8 Å². The first-order valence-corrected chi connectivity index (χ1v) is 8.82. The molecule has 0 spiro atoms. The Hall–Kier alpha value is -2.96. The van der Waals surface area contributed by atoms with Crippen molar-refractivity contribution in [2.45, 2.75) is 39.3 Å². The molecule has 1 aromatic carbocycles. The summed E-state index contributed by atoms with van der Waals surface area (Å²) in [6, 6.07) is 8.47. The minimum Gasteiger partial charge on any atom is -0.493 e. The van der Waals surface area contributed by atoms with Gasteiger partial charge in [0.15, 0.2) is 18.1 Å². The number of hydrogen-bond acceptors (Lipinski definition) is 5. The van der Waals surface area contributed by atoms with Crippen molar-refractivity contribution in [1.82, 2.24) is 10.6 Å². The van der Waals surface area contributed by atoms with E-state index in [1.165, 1.54) is 7.11 Å². The van der Waals surface area contributed by atoms with E-state index in [1.54, 1.807) is 24.5 Å². The SMILES string of the molecule is COc1cc(C(=O)NC(C)Cc2ccco2)ccc1OCC(=O)NC(C)C. The van der Waals surface area contributed by atoms with E-state index in [0.717, 1.165) is 5.76 Å². The van der Waals surface area contributed by atoms with E-state index in [2.05, 4.69) is 10.6 Å². The lowest BCUT2D eigenvalue weighted by atomic mass is 10.1. The van der Waals surface area contributed by atoms with Crippen LogP contribution >= 0.6 is 0 Å². The number of rotatable bonds is 9. The minimum atomic E-state index is -0.226. The van der Waals surface area contributed by atoms with Gasteiger partial charge in [0, 0.05) is 24.1 Å². The van der Waals surface area contributed by atoms with Crippen LogP contribution < -0.4 is 20.1 Å². The van der Waals surface area contributed by atoms with Gasteiger partial charge >= 0.3 is 0 Å². The molecule has 7 heteroatoms. The topological polar surface area (TPSA) is 89.8 Å².